The van der Waals surface area contributed by atoms with E-state index in [2.05, 4.69) is 4.72 Å². The molecule has 0 radical (unpaired) electrons. The van der Waals surface area contributed by atoms with E-state index >= 15 is 0 Å². The number of piperidine rings is 1. The first-order valence-corrected chi connectivity index (χ1v) is 10.4. The lowest BCUT2D eigenvalue weighted by molar-refractivity contribution is -0.134. The average molecular weight is 344 g/mol. The summed E-state index contributed by atoms with van der Waals surface area (Å²) in [4.78, 5) is 14.4. The van der Waals surface area contributed by atoms with Gasteiger partial charge in [0.15, 0.2) is 0 Å². The molecule has 3 saturated heterocycles. The van der Waals surface area contributed by atoms with Crippen LogP contribution in [-0.2, 0) is 19.6 Å². The maximum Gasteiger partial charge on any atom is 0.224 e. The number of amides is 1. The van der Waals surface area contributed by atoms with Crippen LogP contribution in [-0.4, -0.2) is 56.8 Å². The Hall–Kier alpha value is -0.660. The average Bonchev–Trinajstić information content (AvgIpc) is 2.81. The fraction of sp³-hybridized carbons (Fsp3) is 0.938. The molecule has 6 nitrogen and oxygen atoms in total. The lowest BCUT2D eigenvalue weighted by Gasteiger charge is -2.38. The molecule has 7 heteroatoms. The Labute approximate surface area is 139 Å². The van der Waals surface area contributed by atoms with Gasteiger partial charge in [-0.3, -0.25) is 4.79 Å². The monoisotopic (exact) mass is 344 g/mol. The maximum absolute atomic E-state index is 12.5. The topological polar surface area (TPSA) is 75.7 Å². The molecule has 3 aliphatic rings. The fourth-order valence-electron chi connectivity index (χ4n) is 4.21. The highest BCUT2D eigenvalue weighted by Gasteiger charge is 2.40. The Morgan fingerprint density at radius 3 is 2.35 bits per heavy atom. The number of nitrogens with zero attached hydrogens (tertiary/aromatic N) is 1. The minimum absolute atomic E-state index is 0.0857. The molecule has 3 fully saturated rings. The van der Waals surface area contributed by atoms with Gasteiger partial charge in [-0.05, 0) is 50.9 Å². The number of rotatable bonds is 3. The SMILES string of the molecule is CC1(CC(=O)N2CCC(C3CCOCC3)CC2)CCS(=O)(=O)N1. The maximum atomic E-state index is 12.5. The molecule has 0 aromatic heterocycles. The third-order valence-electron chi connectivity index (χ3n) is 5.69. The van der Waals surface area contributed by atoms with Crippen LogP contribution >= 0.6 is 0 Å². The Morgan fingerprint density at radius 2 is 1.78 bits per heavy atom. The van der Waals surface area contributed by atoms with Crippen molar-refractivity contribution < 1.29 is 17.9 Å². The predicted molar refractivity (Wildman–Crippen MR) is 87.4 cm³/mol. The van der Waals surface area contributed by atoms with E-state index in [9.17, 15) is 13.2 Å². The molecular weight excluding hydrogens is 316 g/mol. The zero-order chi connectivity index (χ0) is 16.5. The van der Waals surface area contributed by atoms with E-state index in [4.69, 9.17) is 4.74 Å². The lowest BCUT2D eigenvalue weighted by atomic mass is 9.80. The molecule has 3 heterocycles. The summed E-state index contributed by atoms with van der Waals surface area (Å²) in [5, 5.41) is 0. The van der Waals surface area contributed by atoms with Crippen LogP contribution in [0.25, 0.3) is 0 Å². The molecule has 0 aliphatic carbocycles. The Balaban J connectivity index is 1.48. The number of carbonyl (C=O) groups excluding carboxylic acids is 1. The highest BCUT2D eigenvalue weighted by molar-refractivity contribution is 7.89. The van der Waals surface area contributed by atoms with Crippen LogP contribution in [0.2, 0.25) is 0 Å². The molecule has 1 amide bonds. The van der Waals surface area contributed by atoms with Crippen LogP contribution in [0.5, 0.6) is 0 Å². The molecule has 3 aliphatic heterocycles. The van der Waals surface area contributed by atoms with Gasteiger partial charge in [0.05, 0.1) is 5.75 Å². The second-order valence-corrected chi connectivity index (χ2v) is 9.42. The van der Waals surface area contributed by atoms with Gasteiger partial charge in [-0.25, -0.2) is 13.1 Å². The van der Waals surface area contributed by atoms with Gasteiger partial charge >= 0.3 is 0 Å². The van der Waals surface area contributed by atoms with Gasteiger partial charge in [-0.15, -0.1) is 0 Å². The van der Waals surface area contributed by atoms with Gasteiger partial charge in [0.25, 0.3) is 0 Å². The van der Waals surface area contributed by atoms with Gasteiger partial charge in [0.2, 0.25) is 15.9 Å². The van der Waals surface area contributed by atoms with Crippen molar-refractivity contribution in [1.29, 1.82) is 0 Å². The zero-order valence-corrected chi connectivity index (χ0v) is 14.7. The van der Waals surface area contributed by atoms with Gasteiger partial charge in [0.1, 0.15) is 0 Å². The molecule has 3 rings (SSSR count). The molecule has 1 N–H and O–H groups in total. The van der Waals surface area contributed by atoms with Crippen LogP contribution in [0.1, 0.15) is 45.4 Å². The van der Waals surface area contributed by atoms with Crippen LogP contribution in [0.15, 0.2) is 0 Å². The molecule has 0 bridgehead atoms. The number of hydrogen-bond acceptors (Lipinski definition) is 4. The first kappa shape index (κ1) is 17.2. The molecule has 0 aromatic carbocycles. The summed E-state index contributed by atoms with van der Waals surface area (Å²) in [6.07, 6.45) is 5.22. The largest absolute Gasteiger partial charge is 0.381 e. The third kappa shape index (κ3) is 4.25. The quantitative estimate of drug-likeness (QED) is 0.832. The number of carbonyl (C=O) groups is 1. The lowest BCUT2D eigenvalue weighted by Crippen LogP contribution is -2.47. The highest BCUT2D eigenvalue weighted by atomic mass is 32.2. The summed E-state index contributed by atoms with van der Waals surface area (Å²) in [6.45, 7) is 5.21. The van der Waals surface area contributed by atoms with E-state index in [0.717, 1.165) is 57.9 Å². The highest BCUT2D eigenvalue weighted by Crippen LogP contribution is 2.32. The van der Waals surface area contributed by atoms with E-state index in [0.29, 0.717) is 12.3 Å². The second kappa shape index (κ2) is 6.69. The molecule has 0 spiro atoms. The van der Waals surface area contributed by atoms with E-state index in [-0.39, 0.29) is 18.1 Å². The van der Waals surface area contributed by atoms with Crippen LogP contribution in [0, 0.1) is 11.8 Å². The molecule has 1 unspecified atom stereocenters. The van der Waals surface area contributed by atoms with Crippen molar-refractivity contribution in [2.75, 3.05) is 32.1 Å². The molecular formula is C16H28N2O4S. The first-order valence-electron chi connectivity index (χ1n) is 8.74. The van der Waals surface area contributed by atoms with E-state index in [1.807, 2.05) is 11.8 Å². The van der Waals surface area contributed by atoms with Crippen LogP contribution in [0.3, 0.4) is 0 Å². The molecule has 0 aromatic rings. The summed E-state index contributed by atoms with van der Waals surface area (Å²) >= 11 is 0. The molecule has 0 saturated carbocycles. The van der Waals surface area contributed by atoms with Gasteiger partial charge in [0, 0.05) is 38.3 Å². The summed E-state index contributed by atoms with van der Waals surface area (Å²) in [5.74, 6) is 1.67. The van der Waals surface area contributed by atoms with Crippen molar-refractivity contribution in [2.45, 2.75) is 51.0 Å². The smallest absolute Gasteiger partial charge is 0.224 e. The number of nitrogens with one attached hydrogen (secondary N) is 1. The van der Waals surface area contributed by atoms with Crippen molar-refractivity contribution in [2.24, 2.45) is 11.8 Å². The van der Waals surface area contributed by atoms with Crippen LogP contribution in [0.4, 0.5) is 0 Å². The fourth-order valence-corrected chi connectivity index (χ4v) is 5.96. The summed E-state index contributed by atoms with van der Waals surface area (Å²) < 4.78 is 31.2. The molecule has 1 atom stereocenters. The van der Waals surface area contributed by atoms with Crippen molar-refractivity contribution in [3.63, 3.8) is 0 Å². The van der Waals surface area contributed by atoms with E-state index in [1.54, 1.807) is 0 Å². The first-order chi connectivity index (χ1) is 10.9. The normalized spacial score (nSPS) is 33.0. The Kier molecular flexibility index (Phi) is 4.99. The van der Waals surface area contributed by atoms with E-state index < -0.39 is 15.6 Å². The predicted octanol–water partition coefficient (Wildman–Crippen LogP) is 1.12. The Bertz CT molecular complexity index is 536. The van der Waals surface area contributed by atoms with Gasteiger partial charge in [-0.2, -0.15) is 0 Å². The summed E-state index contributed by atoms with van der Waals surface area (Å²) in [7, 11) is -3.19. The van der Waals surface area contributed by atoms with Crippen LogP contribution < -0.4 is 4.72 Å². The van der Waals surface area contributed by atoms with Crippen molar-refractivity contribution in [3.05, 3.63) is 0 Å². The number of sulfonamides is 1. The number of hydrogen-bond donors (Lipinski definition) is 1. The van der Waals surface area contributed by atoms with Gasteiger partial charge in [-0.1, -0.05) is 0 Å². The minimum Gasteiger partial charge on any atom is -0.381 e. The Morgan fingerprint density at radius 1 is 1.17 bits per heavy atom. The standard InChI is InChI=1S/C16H28N2O4S/c1-16(6-11-23(20,21)17-16)12-15(19)18-7-2-13(3-8-18)14-4-9-22-10-5-14/h13-14,17H,2-12H2,1H3. The number of likely N-dealkylation sites (tertiary alicyclic amines) is 1. The van der Waals surface area contributed by atoms with Crippen molar-refractivity contribution in [3.8, 4) is 0 Å². The van der Waals surface area contributed by atoms with Gasteiger partial charge < -0.3 is 9.64 Å². The number of ether oxygens (including phenoxy) is 1. The minimum atomic E-state index is -3.19. The zero-order valence-electron chi connectivity index (χ0n) is 13.9. The van der Waals surface area contributed by atoms with Crippen molar-refractivity contribution >= 4 is 15.9 Å². The summed E-state index contributed by atoms with van der Waals surface area (Å²) in [6, 6.07) is 0. The summed E-state index contributed by atoms with van der Waals surface area (Å²) in [5.41, 5.74) is -0.604. The molecule has 132 valence electrons. The van der Waals surface area contributed by atoms with E-state index in [1.165, 1.54) is 0 Å². The second-order valence-electron chi connectivity index (χ2n) is 7.58. The van der Waals surface area contributed by atoms with Crippen molar-refractivity contribution in [1.82, 2.24) is 9.62 Å². The molecule has 23 heavy (non-hydrogen) atoms. The third-order valence-corrected chi connectivity index (χ3v) is 7.24.